The Morgan fingerprint density at radius 3 is 2.61 bits per heavy atom. The zero-order valence-electron chi connectivity index (χ0n) is 14.4. The molecule has 1 aromatic heterocycles. The molecule has 3 rings (SSSR count). The van der Waals surface area contributed by atoms with E-state index >= 15 is 0 Å². The van der Waals surface area contributed by atoms with Gasteiger partial charge >= 0.3 is 0 Å². The number of anilines is 1. The maximum absolute atomic E-state index is 14.6. The molecule has 0 saturated carbocycles. The van der Waals surface area contributed by atoms with Gasteiger partial charge in [0.2, 0.25) is 0 Å². The van der Waals surface area contributed by atoms with E-state index in [1.54, 1.807) is 12.3 Å². The zero-order valence-corrected chi connectivity index (χ0v) is 17.6. The number of benzene rings is 2. The van der Waals surface area contributed by atoms with Crippen LogP contribution in [-0.2, 0) is 15.6 Å². The lowest BCUT2D eigenvalue weighted by Crippen LogP contribution is -2.11. The molecule has 0 aliphatic heterocycles. The predicted molar refractivity (Wildman–Crippen MR) is 108 cm³/mol. The standard InChI is InChI=1S/C18H14Cl2F2N2O2S2/c1-10(13-4-11(19)2-3-15(13)21)24-17-6-16(22)18(5-14(17)20)28(25,26)8-12-7-27-9-23-12/h2-7,9-10,24H,8H2,1H3/t10-/m0/s1. The van der Waals surface area contributed by atoms with E-state index in [1.165, 1.54) is 35.0 Å². The van der Waals surface area contributed by atoms with Crippen LogP contribution < -0.4 is 5.32 Å². The molecule has 1 atom stereocenters. The molecule has 0 aliphatic carbocycles. The van der Waals surface area contributed by atoms with Crippen LogP contribution in [0, 0.1) is 11.6 Å². The molecule has 4 nitrogen and oxygen atoms in total. The summed E-state index contributed by atoms with van der Waals surface area (Å²) in [5.41, 5.74) is 2.23. The minimum atomic E-state index is -3.97. The molecule has 0 radical (unpaired) electrons. The SMILES string of the molecule is C[C@H](Nc1cc(F)c(S(=O)(=O)Cc2cscn2)cc1Cl)c1cc(Cl)ccc1F. The Morgan fingerprint density at radius 2 is 1.93 bits per heavy atom. The van der Waals surface area contributed by atoms with E-state index in [9.17, 15) is 17.2 Å². The fourth-order valence-electron chi connectivity index (χ4n) is 2.62. The normalized spacial score (nSPS) is 12.8. The molecule has 1 heterocycles. The highest BCUT2D eigenvalue weighted by Crippen LogP contribution is 2.33. The van der Waals surface area contributed by atoms with E-state index in [2.05, 4.69) is 10.3 Å². The summed E-state index contributed by atoms with van der Waals surface area (Å²) in [4.78, 5) is 3.39. The molecule has 0 aliphatic rings. The summed E-state index contributed by atoms with van der Waals surface area (Å²) in [5, 5.41) is 4.81. The molecule has 0 bridgehead atoms. The quantitative estimate of drug-likeness (QED) is 0.497. The van der Waals surface area contributed by atoms with Gasteiger partial charge in [0.25, 0.3) is 0 Å². The first-order valence-electron chi connectivity index (χ1n) is 7.97. The summed E-state index contributed by atoms with van der Waals surface area (Å²) in [7, 11) is -3.97. The number of nitrogens with one attached hydrogen (secondary N) is 1. The van der Waals surface area contributed by atoms with E-state index in [-0.39, 0.29) is 16.3 Å². The zero-order chi connectivity index (χ0) is 20.5. The number of hydrogen-bond donors (Lipinski definition) is 1. The first-order chi connectivity index (χ1) is 13.2. The Bertz CT molecular complexity index is 1110. The second kappa shape index (κ2) is 8.32. The van der Waals surface area contributed by atoms with Gasteiger partial charge in [0, 0.05) is 16.0 Å². The molecule has 0 saturated heterocycles. The van der Waals surface area contributed by atoms with Gasteiger partial charge in [-0.15, -0.1) is 11.3 Å². The van der Waals surface area contributed by atoms with Crippen molar-refractivity contribution >= 4 is 50.1 Å². The van der Waals surface area contributed by atoms with E-state index in [0.29, 0.717) is 10.7 Å². The van der Waals surface area contributed by atoms with Crippen LogP contribution in [0.1, 0.15) is 24.2 Å². The van der Waals surface area contributed by atoms with Gasteiger partial charge in [-0.05, 0) is 37.3 Å². The summed E-state index contributed by atoms with van der Waals surface area (Å²) in [5.74, 6) is -1.87. The number of aromatic nitrogens is 1. The Kier molecular flexibility index (Phi) is 6.24. The maximum Gasteiger partial charge on any atom is 0.187 e. The van der Waals surface area contributed by atoms with Crippen molar-refractivity contribution in [2.24, 2.45) is 0 Å². The molecule has 10 heteroatoms. The summed E-state index contributed by atoms with van der Waals surface area (Å²) < 4.78 is 53.6. The molecule has 148 valence electrons. The highest BCUT2D eigenvalue weighted by atomic mass is 35.5. The fraction of sp³-hybridized carbons (Fsp3) is 0.167. The van der Waals surface area contributed by atoms with Crippen molar-refractivity contribution in [3.05, 3.63) is 74.2 Å². The average Bonchev–Trinajstić information content (AvgIpc) is 3.11. The minimum Gasteiger partial charge on any atom is -0.377 e. The van der Waals surface area contributed by atoms with Gasteiger partial charge < -0.3 is 5.32 Å². The van der Waals surface area contributed by atoms with Crippen molar-refractivity contribution in [3.63, 3.8) is 0 Å². The summed E-state index contributed by atoms with van der Waals surface area (Å²) in [6, 6.07) is 5.53. The highest BCUT2D eigenvalue weighted by molar-refractivity contribution is 7.90. The molecular weight excluding hydrogens is 449 g/mol. The van der Waals surface area contributed by atoms with Gasteiger partial charge in [0.1, 0.15) is 16.5 Å². The number of halogens is 4. The Hall–Kier alpha value is -1.74. The summed E-state index contributed by atoms with van der Waals surface area (Å²) in [6.07, 6.45) is 0. The van der Waals surface area contributed by atoms with Crippen molar-refractivity contribution < 1.29 is 17.2 Å². The van der Waals surface area contributed by atoms with Crippen molar-refractivity contribution in [3.8, 4) is 0 Å². The lowest BCUT2D eigenvalue weighted by Gasteiger charge is -2.18. The first-order valence-corrected chi connectivity index (χ1v) is 11.3. The van der Waals surface area contributed by atoms with Crippen LogP contribution in [0.2, 0.25) is 10.0 Å². The van der Waals surface area contributed by atoms with Crippen LogP contribution in [0.5, 0.6) is 0 Å². The van der Waals surface area contributed by atoms with Crippen molar-refractivity contribution in [1.82, 2.24) is 4.98 Å². The van der Waals surface area contributed by atoms with Gasteiger partial charge in [-0.25, -0.2) is 22.2 Å². The molecular formula is C18H14Cl2F2N2O2S2. The third-order valence-corrected chi connectivity index (χ3v) is 6.82. The number of hydrogen-bond acceptors (Lipinski definition) is 5. The number of thiazole rings is 1. The Morgan fingerprint density at radius 1 is 1.18 bits per heavy atom. The second-order valence-electron chi connectivity index (χ2n) is 6.03. The van der Waals surface area contributed by atoms with Gasteiger partial charge in [-0.3, -0.25) is 0 Å². The van der Waals surface area contributed by atoms with E-state index < -0.39 is 38.2 Å². The van der Waals surface area contributed by atoms with Crippen LogP contribution in [-0.4, -0.2) is 13.4 Å². The molecule has 2 aromatic carbocycles. The third kappa shape index (κ3) is 4.63. The van der Waals surface area contributed by atoms with E-state index in [4.69, 9.17) is 23.2 Å². The smallest absolute Gasteiger partial charge is 0.187 e. The lowest BCUT2D eigenvalue weighted by atomic mass is 10.1. The molecule has 0 fully saturated rings. The molecule has 0 amide bonds. The van der Waals surface area contributed by atoms with Gasteiger partial charge in [-0.2, -0.15) is 0 Å². The van der Waals surface area contributed by atoms with Crippen LogP contribution in [0.25, 0.3) is 0 Å². The van der Waals surface area contributed by atoms with E-state index in [0.717, 1.165) is 12.1 Å². The Balaban J connectivity index is 1.88. The topological polar surface area (TPSA) is 59.1 Å². The van der Waals surface area contributed by atoms with Crippen LogP contribution >= 0.6 is 34.5 Å². The Labute approximate surface area is 175 Å². The molecule has 0 unspecified atom stereocenters. The van der Waals surface area contributed by atoms with Crippen molar-refractivity contribution in [2.75, 3.05) is 5.32 Å². The molecule has 1 N–H and O–H groups in total. The van der Waals surface area contributed by atoms with Crippen LogP contribution in [0.15, 0.2) is 46.1 Å². The van der Waals surface area contributed by atoms with Crippen molar-refractivity contribution in [2.45, 2.75) is 23.6 Å². The first kappa shape index (κ1) is 21.0. The predicted octanol–water partition coefficient (Wildman–Crippen LogP) is 5.88. The van der Waals surface area contributed by atoms with Crippen LogP contribution in [0.4, 0.5) is 14.5 Å². The minimum absolute atomic E-state index is 0.00691. The molecule has 28 heavy (non-hydrogen) atoms. The third-order valence-electron chi connectivity index (χ3n) is 3.97. The maximum atomic E-state index is 14.6. The summed E-state index contributed by atoms with van der Waals surface area (Å²) >= 11 is 13.3. The summed E-state index contributed by atoms with van der Waals surface area (Å²) in [6.45, 7) is 1.65. The second-order valence-corrected chi connectivity index (χ2v) is 9.55. The number of rotatable bonds is 6. The lowest BCUT2D eigenvalue weighted by molar-refractivity contribution is 0.566. The van der Waals surface area contributed by atoms with Gasteiger partial charge in [-0.1, -0.05) is 23.2 Å². The number of sulfone groups is 1. The van der Waals surface area contributed by atoms with Crippen molar-refractivity contribution in [1.29, 1.82) is 0 Å². The van der Waals surface area contributed by atoms with Gasteiger partial charge in [0.15, 0.2) is 9.84 Å². The molecule has 0 spiro atoms. The number of nitrogens with zero attached hydrogens (tertiary/aromatic N) is 1. The molecule has 3 aromatic rings. The monoisotopic (exact) mass is 462 g/mol. The fourth-order valence-corrected chi connectivity index (χ4v) is 5.10. The van der Waals surface area contributed by atoms with E-state index in [1.807, 2.05) is 0 Å². The highest BCUT2D eigenvalue weighted by Gasteiger charge is 2.23. The largest absolute Gasteiger partial charge is 0.377 e. The van der Waals surface area contributed by atoms with Gasteiger partial charge in [0.05, 0.1) is 33.7 Å². The van der Waals surface area contributed by atoms with Crippen LogP contribution in [0.3, 0.4) is 0 Å². The average molecular weight is 463 g/mol.